The van der Waals surface area contributed by atoms with Gasteiger partial charge in [0.05, 0.1) is 9.40 Å². The molecule has 1 aliphatic rings. The number of nitro groups is 1. The number of rotatable bonds is 5. The van der Waals surface area contributed by atoms with Gasteiger partial charge >= 0.3 is 0 Å². The van der Waals surface area contributed by atoms with Crippen molar-refractivity contribution in [3.05, 3.63) is 38.3 Å². The van der Waals surface area contributed by atoms with E-state index in [0.29, 0.717) is 17.1 Å². The van der Waals surface area contributed by atoms with Crippen molar-refractivity contribution in [2.24, 2.45) is 0 Å². The maximum absolute atomic E-state index is 10.9. The summed E-state index contributed by atoms with van der Waals surface area (Å²) in [6.07, 6.45) is 7.15. The second-order valence-electron chi connectivity index (χ2n) is 5.15. The average Bonchev–Trinajstić information content (AvgIpc) is 2.46. The van der Waals surface area contributed by atoms with E-state index in [1.54, 1.807) is 12.1 Å². The van der Waals surface area contributed by atoms with E-state index in [1.807, 2.05) is 17.8 Å². The van der Waals surface area contributed by atoms with E-state index in [1.165, 1.54) is 25.7 Å². The molecular formula is C14H19BrN2O2S. The molecule has 1 saturated carbocycles. The van der Waals surface area contributed by atoms with Crippen molar-refractivity contribution in [1.82, 2.24) is 5.32 Å². The summed E-state index contributed by atoms with van der Waals surface area (Å²) in [5.41, 5.74) is 1.10. The van der Waals surface area contributed by atoms with Crippen molar-refractivity contribution in [2.45, 2.75) is 43.5 Å². The van der Waals surface area contributed by atoms with Crippen LogP contribution in [-0.4, -0.2) is 22.5 Å². The first-order chi connectivity index (χ1) is 9.60. The molecule has 1 aromatic rings. The minimum Gasteiger partial charge on any atom is -0.310 e. The molecule has 1 N–H and O–H groups in total. The topological polar surface area (TPSA) is 55.2 Å². The molecule has 0 heterocycles. The van der Waals surface area contributed by atoms with E-state index < -0.39 is 0 Å². The van der Waals surface area contributed by atoms with Crippen LogP contribution in [0.4, 0.5) is 5.69 Å². The number of halogens is 1. The maximum atomic E-state index is 10.9. The molecule has 2 rings (SSSR count). The van der Waals surface area contributed by atoms with E-state index in [2.05, 4.69) is 27.5 Å². The monoisotopic (exact) mass is 358 g/mol. The summed E-state index contributed by atoms with van der Waals surface area (Å²) in [7, 11) is 0. The van der Waals surface area contributed by atoms with Gasteiger partial charge < -0.3 is 5.32 Å². The van der Waals surface area contributed by atoms with Crippen LogP contribution in [0, 0.1) is 10.1 Å². The molecule has 110 valence electrons. The molecule has 1 aliphatic carbocycles. The van der Waals surface area contributed by atoms with Crippen LogP contribution in [0.25, 0.3) is 0 Å². The molecule has 1 fully saturated rings. The first-order valence-electron chi connectivity index (χ1n) is 6.79. The van der Waals surface area contributed by atoms with Gasteiger partial charge in [0.25, 0.3) is 5.69 Å². The second kappa shape index (κ2) is 7.43. The zero-order valence-corrected chi connectivity index (χ0v) is 13.9. The van der Waals surface area contributed by atoms with Gasteiger partial charge in [0.2, 0.25) is 0 Å². The Labute approximate surface area is 132 Å². The Morgan fingerprint density at radius 2 is 2.30 bits per heavy atom. The summed E-state index contributed by atoms with van der Waals surface area (Å²) in [5.74, 6) is 0. The fourth-order valence-electron chi connectivity index (χ4n) is 2.61. The molecular weight excluding hydrogens is 340 g/mol. The van der Waals surface area contributed by atoms with Crippen LogP contribution < -0.4 is 5.32 Å². The highest BCUT2D eigenvalue weighted by molar-refractivity contribution is 9.10. The molecule has 0 saturated heterocycles. The maximum Gasteiger partial charge on any atom is 0.283 e. The van der Waals surface area contributed by atoms with Crippen molar-refractivity contribution in [3.8, 4) is 0 Å². The lowest BCUT2D eigenvalue weighted by Gasteiger charge is -2.28. The summed E-state index contributed by atoms with van der Waals surface area (Å²) in [6.45, 7) is 0.694. The highest BCUT2D eigenvalue weighted by Crippen LogP contribution is 2.28. The first-order valence-corrected chi connectivity index (χ1v) is 8.87. The molecule has 0 aromatic heterocycles. The Morgan fingerprint density at radius 3 is 3.00 bits per heavy atom. The minimum absolute atomic E-state index is 0.134. The summed E-state index contributed by atoms with van der Waals surface area (Å²) >= 11 is 5.16. The zero-order valence-electron chi connectivity index (χ0n) is 11.5. The molecule has 0 radical (unpaired) electrons. The van der Waals surface area contributed by atoms with Crippen LogP contribution in [0.3, 0.4) is 0 Å². The number of nitro benzene ring substituents is 1. The average molecular weight is 359 g/mol. The van der Waals surface area contributed by atoms with Crippen LogP contribution in [-0.2, 0) is 6.54 Å². The van der Waals surface area contributed by atoms with Gasteiger partial charge in [-0.2, -0.15) is 11.8 Å². The van der Waals surface area contributed by atoms with Gasteiger partial charge in [-0.25, -0.2) is 0 Å². The third-order valence-corrected chi connectivity index (χ3v) is 5.53. The standard InChI is InChI=1S/C14H19BrN2O2S/c1-20-12-4-2-3-11(8-12)16-9-10-5-6-13(15)14(7-10)17(18)19/h5-7,11-12,16H,2-4,8-9H2,1H3. The molecule has 0 aliphatic heterocycles. The number of thioether (sulfide) groups is 1. The summed E-state index contributed by atoms with van der Waals surface area (Å²) in [6, 6.07) is 5.86. The van der Waals surface area contributed by atoms with Gasteiger partial charge in [-0.05, 0) is 53.1 Å². The van der Waals surface area contributed by atoms with Crippen LogP contribution in [0.1, 0.15) is 31.2 Å². The summed E-state index contributed by atoms with van der Waals surface area (Å²) < 4.78 is 0.534. The lowest BCUT2D eigenvalue weighted by Crippen LogP contribution is -2.34. The molecule has 0 amide bonds. The highest BCUT2D eigenvalue weighted by atomic mass is 79.9. The van der Waals surface area contributed by atoms with E-state index in [9.17, 15) is 10.1 Å². The van der Waals surface area contributed by atoms with Gasteiger partial charge in [-0.1, -0.05) is 12.5 Å². The molecule has 2 atom stereocenters. The summed E-state index contributed by atoms with van der Waals surface area (Å²) in [4.78, 5) is 10.6. The molecule has 0 spiro atoms. The number of benzene rings is 1. The number of nitrogens with one attached hydrogen (secondary N) is 1. The highest BCUT2D eigenvalue weighted by Gasteiger charge is 2.21. The third kappa shape index (κ3) is 4.20. The van der Waals surface area contributed by atoms with Gasteiger partial charge in [-0.15, -0.1) is 0 Å². The Kier molecular flexibility index (Phi) is 5.86. The molecule has 4 nitrogen and oxygen atoms in total. The van der Waals surface area contributed by atoms with Gasteiger partial charge in [0.1, 0.15) is 0 Å². The van der Waals surface area contributed by atoms with Crippen LogP contribution in [0.2, 0.25) is 0 Å². The number of nitrogens with zero attached hydrogens (tertiary/aromatic N) is 1. The quantitative estimate of drug-likeness (QED) is 0.635. The molecule has 6 heteroatoms. The Morgan fingerprint density at radius 1 is 1.50 bits per heavy atom. The van der Waals surface area contributed by atoms with Crippen molar-refractivity contribution in [2.75, 3.05) is 6.26 Å². The van der Waals surface area contributed by atoms with Crippen molar-refractivity contribution in [1.29, 1.82) is 0 Å². The first kappa shape index (κ1) is 15.8. The Hall–Kier alpha value is -0.590. The number of hydrogen-bond acceptors (Lipinski definition) is 4. The second-order valence-corrected chi connectivity index (χ2v) is 7.14. The lowest BCUT2D eigenvalue weighted by molar-refractivity contribution is -0.385. The fourth-order valence-corrected chi connectivity index (χ4v) is 3.83. The van der Waals surface area contributed by atoms with Crippen LogP contribution in [0.15, 0.2) is 22.7 Å². The van der Waals surface area contributed by atoms with E-state index in [4.69, 9.17) is 0 Å². The van der Waals surface area contributed by atoms with E-state index in [0.717, 1.165) is 10.8 Å². The van der Waals surface area contributed by atoms with Crippen LogP contribution in [0.5, 0.6) is 0 Å². The molecule has 20 heavy (non-hydrogen) atoms. The lowest BCUT2D eigenvalue weighted by atomic mass is 9.95. The molecule has 0 bridgehead atoms. The van der Waals surface area contributed by atoms with Crippen molar-refractivity contribution >= 4 is 33.4 Å². The molecule has 1 aromatic carbocycles. The summed E-state index contributed by atoms with van der Waals surface area (Å²) in [5, 5.41) is 15.2. The van der Waals surface area contributed by atoms with Gasteiger partial charge in [0, 0.05) is 23.9 Å². The zero-order chi connectivity index (χ0) is 14.5. The Bertz CT molecular complexity index is 484. The van der Waals surface area contributed by atoms with Crippen LogP contribution >= 0.6 is 27.7 Å². The smallest absolute Gasteiger partial charge is 0.283 e. The minimum atomic E-state index is -0.349. The van der Waals surface area contributed by atoms with E-state index >= 15 is 0 Å². The predicted octanol–water partition coefficient (Wildman–Crippen LogP) is 4.12. The third-order valence-electron chi connectivity index (χ3n) is 3.76. The Balaban J connectivity index is 1.93. The van der Waals surface area contributed by atoms with Crippen molar-refractivity contribution in [3.63, 3.8) is 0 Å². The van der Waals surface area contributed by atoms with Crippen molar-refractivity contribution < 1.29 is 4.92 Å². The molecule has 2 unspecified atom stereocenters. The largest absolute Gasteiger partial charge is 0.310 e. The predicted molar refractivity (Wildman–Crippen MR) is 87.2 cm³/mol. The fraction of sp³-hybridized carbons (Fsp3) is 0.571. The van der Waals surface area contributed by atoms with Gasteiger partial charge in [0.15, 0.2) is 0 Å². The normalized spacial score (nSPS) is 22.7. The SMILES string of the molecule is CSC1CCCC(NCc2ccc(Br)c([N+](=O)[O-])c2)C1. The van der Waals surface area contributed by atoms with Gasteiger partial charge in [-0.3, -0.25) is 10.1 Å². The van der Waals surface area contributed by atoms with E-state index in [-0.39, 0.29) is 10.6 Å². The number of hydrogen-bond donors (Lipinski definition) is 1.